The summed E-state index contributed by atoms with van der Waals surface area (Å²) in [7, 11) is 0. The van der Waals surface area contributed by atoms with Crippen molar-refractivity contribution in [2.75, 3.05) is 5.32 Å². The molecule has 2 heteroatoms. The Labute approximate surface area is 106 Å². The van der Waals surface area contributed by atoms with Crippen molar-refractivity contribution in [2.24, 2.45) is 0 Å². The van der Waals surface area contributed by atoms with Crippen LogP contribution < -0.4 is 5.32 Å². The predicted molar refractivity (Wildman–Crippen MR) is 76.8 cm³/mol. The molecule has 0 saturated carbocycles. The zero-order valence-corrected chi connectivity index (χ0v) is 10.5. The number of allylic oxidation sites excluding steroid dienone is 2. The first kappa shape index (κ1) is 10.9. The first-order chi connectivity index (χ1) is 8.78. The van der Waals surface area contributed by atoms with Gasteiger partial charge in [-0.25, -0.2) is 0 Å². The average Bonchev–Trinajstić information content (AvgIpc) is 2.76. The van der Waals surface area contributed by atoms with E-state index in [0.717, 1.165) is 27.9 Å². The van der Waals surface area contributed by atoms with Gasteiger partial charge in [0.25, 0.3) is 0 Å². The van der Waals surface area contributed by atoms with Crippen LogP contribution in [0.15, 0.2) is 58.7 Å². The summed E-state index contributed by atoms with van der Waals surface area (Å²) in [5.74, 6) is 0. The van der Waals surface area contributed by atoms with Crippen LogP contribution in [0.2, 0.25) is 0 Å². The Hall–Kier alpha value is -2.22. The maximum atomic E-state index is 5.85. The van der Waals surface area contributed by atoms with Gasteiger partial charge in [0.15, 0.2) is 0 Å². The van der Waals surface area contributed by atoms with E-state index in [-0.39, 0.29) is 0 Å². The Morgan fingerprint density at radius 2 is 1.83 bits per heavy atom. The van der Waals surface area contributed by atoms with Gasteiger partial charge in [0, 0.05) is 28.2 Å². The molecule has 0 amide bonds. The molecule has 3 rings (SSSR count). The van der Waals surface area contributed by atoms with Crippen LogP contribution in [-0.4, -0.2) is 0 Å². The molecule has 3 aromatic rings. The van der Waals surface area contributed by atoms with Gasteiger partial charge in [-0.2, -0.15) is 0 Å². The van der Waals surface area contributed by atoms with Crippen molar-refractivity contribution in [3.05, 3.63) is 54.2 Å². The van der Waals surface area contributed by atoms with Crippen molar-refractivity contribution >= 4 is 27.6 Å². The molecule has 2 aromatic carbocycles. The van der Waals surface area contributed by atoms with Gasteiger partial charge in [-0.15, -0.1) is 0 Å². The van der Waals surface area contributed by atoms with E-state index in [9.17, 15) is 0 Å². The number of para-hydroxylation sites is 1. The largest absolute Gasteiger partial charge is 0.456 e. The molecule has 1 heterocycles. The first-order valence-corrected chi connectivity index (χ1v) is 6.09. The third kappa shape index (κ3) is 1.76. The minimum Gasteiger partial charge on any atom is -0.456 e. The maximum absolute atomic E-state index is 5.85. The van der Waals surface area contributed by atoms with Gasteiger partial charge in [-0.05, 0) is 32.0 Å². The lowest BCUT2D eigenvalue weighted by Gasteiger charge is -2.05. The Morgan fingerprint density at radius 1 is 1.06 bits per heavy atom. The zero-order chi connectivity index (χ0) is 12.5. The number of furan rings is 1. The van der Waals surface area contributed by atoms with Crippen LogP contribution in [0.4, 0.5) is 5.69 Å². The highest BCUT2D eigenvalue weighted by Crippen LogP contribution is 2.30. The molecule has 0 aliphatic carbocycles. The lowest BCUT2D eigenvalue weighted by atomic mass is 10.1. The highest BCUT2D eigenvalue weighted by molar-refractivity contribution is 6.05. The molecule has 1 N–H and O–H groups in total. The molecule has 0 saturated heterocycles. The van der Waals surface area contributed by atoms with Crippen LogP contribution in [0.1, 0.15) is 13.8 Å². The minimum absolute atomic E-state index is 0.921. The van der Waals surface area contributed by atoms with Crippen molar-refractivity contribution in [3.63, 3.8) is 0 Å². The quantitative estimate of drug-likeness (QED) is 0.684. The molecule has 0 aliphatic rings. The summed E-state index contributed by atoms with van der Waals surface area (Å²) in [5.41, 5.74) is 4.04. The normalized spacial score (nSPS) is 12.2. The van der Waals surface area contributed by atoms with Crippen molar-refractivity contribution < 1.29 is 4.42 Å². The van der Waals surface area contributed by atoms with Crippen LogP contribution in [0.25, 0.3) is 21.9 Å². The molecule has 90 valence electrons. The monoisotopic (exact) mass is 237 g/mol. The summed E-state index contributed by atoms with van der Waals surface area (Å²) in [6, 6.07) is 14.3. The third-order valence-electron chi connectivity index (χ3n) is 3.15. The van der Waals surface area contributed by atoms with Crippen molar-refractivity contribution in [1.82, 2.24) is 0 Å². The minimum atomic E-state index is 0.921. The van der Waals surface area contributed by atoms with Crippen LogP contribution in [-0.2, 0) is 0 Å². The Bertz CT molecular complexity index is 737. The van der Waals surface area contributed by atoms with E-state index in [1.54, 1.807) is 0 Å². The molecule has 1 aromatic heterocycles. The first-order valence-electron chi connectivity index (χ1n) is 6.09. The van der Waals surface area contributed by atoms with Gasteiger partial charge in [-0.3, -0.25) is 0 Å². The predicted octanol–water partition coefficient (Wildman–Crippen LogP) is 4.92. The average molecular weight is 237 g/mol. The van der Waals surface area contributed by atoms with E-state index in [0.29, 0.717) is 0 Å². The van der Waals surface area contributed by atoms with Crippen LogP contribution in [0.5, 0.6) is 0 Å². The fourth-order valence-corrected chi connectivity index (χ4v) is 2.10. The van der Waals surface area contributed by atoms with E-state index >= 15 is 0 Å². The topological polar surface area (TPSA) is 25.2 Å². The molecule has 0 spiro atoms. The van der Waals surface area contributed by atoms with Crippen LogP contribution >= 0.6 is 0 Å². The van der Waals surface area contributed by atoms with Gasteiger partial charge in [0.2, 0.25) is 0 Å². The molecule has 0 atom stereocenters. The van der Waals surface area contributed by atoms with Gasteiger partial charge in [-0.1, -0.05) is 24.3 Å². The number of anilines is 1. The highest BCUT2D eigenvalue weighted by atomic mass is 16.3. The van der Waals surface area contributed by atoms with Gasteiger partial charge >= 0.3 is 0 Å². The number of fused-ring (bicyclic) bond motifs is 3. The van der Waals surface area contributed by atoms with E-state index in [4.69, 9.17) is 4.42 Å². The summed E-state index contributed by atoms with van der Waals surface area (Å²) in [6.45, 7) is 4.06. The lowest BCUT2D eigenvalue weighted by molar-refractivity contribution is 0.669. The molecule has 18 heavy (non-hydrogen) atoms. The van der Waals surface area contributed by atoms with Gasteiger partial charge in [0.05, 0.1) is 0 Å². The Morgan fingerprint density at radius 3 is 2.67 bits per heavy atom. The fourth-order valence-electron chi connectivity index (χ4n) is 2.10. The molecular weight excluding hydrogens is 222 g/mol. The summed E-state index contributed by atoms with van der Waals surface area (Å²) in [5, 5.41) is 5.66. The number of nitrogens with one attached hydrogen (secondary N) is 1. The second-order valence-corrected chi connectivity index (χ2v) is 4.41. The lowest BCUT2D eigenvalue weighted by Crippen LogP contribution is -1.93. The molecule has 0 aliphatic heterocycles. The summed E-state index contributed by atoms with van der Waals surface area (Å²) < 4.78 is 5.85. The molecular formula is C16H15NO. The number of hydrogen-bond donors (Lipinski definition) is 1. The molecule has 0 fully saturated rings. The van der Waals surface area contributed by atoms with E-state index < -0.39 is 0 Å². The van der Waals surface area contributed by atoms with E-state index in [1.807, 2.05) is 44.2 Å². The SMILES string of the molecule is C/C=C(\C)Nc1ccc2c(c1)oc1ccccc12. The van der Waals surface area contributed by atoms with Gasteiger partial charge < -0.3 is 9.73 Å². The standard InChI is InChI=1S/C16H15NO/c1-3-11(2)17-12-8-9-14-13-6-4-5-7-15(13)18-16(14)10-12/h3-10,17H,1-2H3/b11-3+. The smallest absolute Gasteiger partial charge is 0.137 e. The zero-order valence-electron chi connectivity index (χ0n) is 10.5. The molecule has 0 bridgehead atoms. The number of hydrogen-bond acceptors (Lipinski definition) is 2. The second kappa shape index (κ2) is 4.22. The molecule has 0 radical (unpaired) electrons. The highest BCUT2D eigenvalue weighted by Gasteiger charge is 2.06. The van der Waals surface area contributed by atoms with Crippen molar-refractivity contribution in [1.29, 1.82) is 0 Å². The van der Waals surface area contributed by atoms with Crippen molar-refractivity contribution in [2.45, 2.75) is 13.8 Å². The summed E-state index contributed by atoms with van der Waals surface area (Å²) in [4.78, 5) is 0. The van der Waals surface area contributed by atoms with Crippen LogP contribution in [0.3, 0.4) is 0 Å². The van der Waals surface area contributed by atoms with E-state index in [2.05, 4.69) is 23.5 Å². The maximum Gasteiger partial charge on any atom is 0.137 e. The second-order valence-electron chi connectivity index (χ2n) is 4.41. The van der Waals surface area contributed by atoms with Crippen LogP contribution in [0, 0.1) is 0 Å². The fraction of sp³-hybridized carbons (Fsp3) is 0.125. The summed E-state index contributed by atoms with van der Waals surface area (Å²) in [6.07, 6.45) is 2.04. The Kier molecular flexibility index (Phi) is 2.56. The summed E-state index contributed by atoms with van der Waals surface area (Å²) >= 11 is 0. The Balaban J connectivity index is 2.15. The van der Waals surface area contributed by atoms with E-state index in [1.165, 1.54) is 5.39 Å². The number of benzene rings is 2. The van der Waals surface area contributed by atoms with Crippen molar-refractivity contribution in [3.8, 4) is 0 Å². The molecule has 0 unspecified atom stereocenters. The van der Waals surface area contributed by atoms with Gasteiger partial charge in [0.1, 0.15) is 11.2 Å². The molecule has 2 nitrogen and oxygen atoms in total. The number of rotatable bonds is 2. The third-order valence-corrected chi connectivity index (χ3v) is 3.15.